The summed E-state index contributed by atoms with van der Waals surface area (Å²) in [6.07, 6.45) is 2.25. The van der Waals surface area contributed by atoms with E-state index in [2.05, 4.69) is 15.5 Å². The molecule has 1 amide bonds. The van der Waals surface area contributed by atoms with Gasteiger partial charge in [-0.2, -0.15) is 0 Å². The molecule has 6 heteroatoms. The van der Waals surface area contributed by atoms with Crippen LogP contribution in [0.3, 0.4) is 0 Å². The molecule has 0 atom stereocenters. The van der Waals surface area contributed by atoms with Gasteiger partial charge in [0.2, 0.25) is 0 Å². The van der Waals surface area contributed by atoms with Crippen LogP contribution < -0.4 is 5.32 Å². The number of para-hydroxylation sites is 1. The van der Waals surface area contributed by atoms with E-state index in [-0.39, 0.29) is 5.91 Å². The highest BCUT2D eigenvalue weighted by molar-refractivity contribution is 7.18. The van der Waals surface area contributed by atoms with Crippen molar-refractivity contribution >= 4 is 27.5 Å². The number of benzene rings is 1. The molecule has 0 aliphatic heterocycles. The van der Waals surface area contributed by atoms with Gasteiger partial charge in [0.1, 0.15) is 10.8 Å². The van der Waals surface area contributed by atoms with Crippen LogP contribution in [0.2, 0.25) is 0 Å². The van der Waals surface area contributed by atoms with Crippen molar-refractivity contribution in [2.24, 2.45) is 0 Å². The predicted octanol–water partition coefficient (Wildman–Crippen LogP) is 3.09. The molecular weight excluding hydrogens is 286 g/mol. The second-order valence-corrected chi connectivity index (χ2v) is 6.26. The average Bonchev–Trinajstić information content (AvgIpc) is 3.09. The van der Waals surface area contributed by atoms with Gasteiger partial charge in [-0.25, -0.2) is 4.98 Å². The van der Waals surface area contributed by atoms with Crippen LogP contribution in [0, 0.1) is 0 Å². The minimum Gasteiger partial charge on any atom is -0.360 e. The minimum absolute atomic E-state index is 0.218. The van der Waals surface area contributed by atoms with E-state index in [1.807, 2.05) is 24.3 Å². The third-order valence-electron chi connectivity index (χ3n) is 3.48. The number of thiazole rings is 1. The lowest BCUT2D eigenvalue weighted by atomic mass is 10.3. The van der Waals surface area contributed by atoms with Gasteiger partial charge in [0.05, 0.1) is 16.8 Å². The molecule has 1 aromatic carbocycles. The zero-order chi connectivity index (χ0) is 14.2. The molecule has 0 unspecified atom stereocenters. The van der Waals surface area contributed by atoms with Crippen molar-refractivity contribution < 1.29 is 9.32 Å². The Hall–Kier alpha value is -2.21. The summed E-state index contributed by atoms with van der Waals surface area (Å²) in [4.78, 5) is 16.5. The first-order valence-electron chi connectivity index (χ1n) is 6.89. The van der Waals surface area contributed by atoms with Crippen LogP contribution >= 0.6 is 11.3 Å². The van der Waals surface area contributed by atoms with Crippen molar-refractivity contribution in [2.45, 2.75) is 25.3 Å². The summed E-state index contributed by atoms with van der Waals surface area (Å²) < 4.78 is 6.31. The maximum Gasteiger partial charge on any atom is 0.273 e. The van der Waals surface area contributed by atoms with Gasteiger partial charge in [0.15, 0.2) is 5.69 Å². The van der Waals surface area contributed by atoms with Gasteiger partial charge in [-0.15, -0.1) is 11.3 Å². The number of rotatable bonds is 4. The minimum atomic E-state index is -0.218. The molecule has 3 aromatic rings. The highest BCUT2D eigenvalue weighted by Crippen LogP contribution is 2.40. The quantitative estimate of drug-likeness (QED) is 0.804. The smallest absolute Gasteiger partial charge is 0.273 e. The fraction of sp³-hybridized carbons (Fsp3) is 0.267. The molecule has 2 heterocycles. The van der Waals surface area contributed by atoms with Crippen LogP contribution in [0.25, 0.3) is 10.2 Å². The number of carbonyl (C=O) groups is 1. The fourth-order valence-electron chi connectivity index (χ4n) is 2.20. The van der Waals surface area contributed by atoms with E-state index in [1.54, 1.807) is 17.4 Å². The molecule has 0 saturated heterocycles. The van der Waals surface area contributed by atoms with Crippen LogP contribution in [0.1, 0.15) is 40.0 Å². The maximum atomic E-state index is 12.0. The Bertz CT molecular complexity index is 771. The number of carbonyl (C=O) groups excluding carboxylic acids is 1. The summed E-state index contributed by atoms with van der Waals surface area (Å²) in [5.74, 6) is 1.06. The predicted molar refractivity (Wildman–Crippen MR) is 79.3 cm³/mol. The van der Waals surface area contributed by atoms with Crippen LogP contribution in [0.15, 0.2) is 34.9 Å². The van der Waals surface area contributed by atoms with Crippen molar-refractivity contribution in [1.29, 1.82) is 0 Å². The Balaban J connectivity index is 1.44. The Labute approximate surface area is 125 Å². The Morgan fingerprint density at radius 3 is 3.05 bits per heavy atom. The average molecular weight is 299 g/mol. The van der Waals surface area contributed by atoms with Crippen LogP contribution in [-0.2, 0) is 6.54 Å². The van der Waals surface area contributed by atoms with Gasteiger partial charge in [0.25, 0.3) is 5.91 Å². The zero-order valence-electron chi connectivity index (χ0n) is 11.2. The normalized spacial score (nSPS) is 14.5. The third kappa shape index (κ3) is 2.54. The van der Waals surface area contributed by atoms with Crippen molar-refractivity contribution in [3.63, 3.8) is 0 Å². The topological polar surface area (TPSA) is 68.0 Å². The van der Waals surface area contributed by atoms with E-state index in [0.717, 1.165) is 33.8 Å². The third-order valence-corrected chi connectivity index (χ3v) is 4.52. The molecule has 4 rings (SSSR count). The molecule has 1 saturated carbocycles. The van der Waals surface area contributed by atoms with Gasteiger partial charge >= 0.3 is 0 Å². The molecular formula is C15H13N3O2S. The van der Waals surface area contributed by atoms with Gasteiger partial charge in [-0.1, -0.05) is 17.3 Å². The van der Waals surface area contributed by atoms with E-state index in [1.165, 1.54) is 0 Å². The second-order valence-electron chi connectivity index (χ2n) is 5.15. The highest BCUT2D eigenvalue weighted by atomic mass is 32.1. The van der Waals surface area contributed by atoms with E-state index in [4.69, 9.17) is 4.52 Å². The van der Waals surface area contributed by atoms with E-state index < -0.39 is 0 Å². The molecule has 1 aliphatic rings. The standard InChI is InChI=1S/C15H13N3O2S/c19-15(11-7-12(20-18-11)9-5-6-9)16-8-14-17-10-3-1-2-4-13(10)21-14/h1-4,7,9H,5-6,8H2,(H,16,19). The lowest BCUT2D eigenvalue weighted by Gasteiger charge is -1.98. The summed E-state index contributed by atoms with van der Waals surface area (Å²) in [5, 5.41) is 7.55. The lowest BCUT2D eigenvalue weighted by Crippen LogP contribution is -2.22. The molecule has 0 spiro atoms. The first-order chi connectivity index (χ1) is 10.3. The van der Waals surface area contributed by atoms with Crippen molar-refractivity contribution in [2.75, 3.05) is 0 Å². The largest absolute Gasteiger partial charge is 0.360 e. The van der Waals surface area contributed by atoms with Crippen LogP contribution in [0.5, 0.6) is 0 Å². The summed E-state index contributed by atoms with van der Waals surface area (Å²) >= 11 is 1.58. The number of amides is 1. The fourth-order valence-corrected chi connectivity index (χ4v) is 3.11. The SMILES string of the molecule is O=C(NCc1nc2ccccc2s1)c1cc(C2CC2)on1. The van der Waals surface area contributed by atoms with Gasteiger partial charge < -0.3 is 9.84 Å². The number of fused-ring (bicyclic) bond motifs is 1. The first kappa shape index (κ1) is 12.5. The number of hydrogen-bond acceptors (Lipinski definition) is 5. The Morgan fingerprint density at radius 2 is 2.24 bits per heavy atom. The number of nitrogens with one attached hydrogen (secondary N) is 1. The van der Waals surface area contributed by atoms with Crippen molar-refractivity contribution in [1.82, 2.24) is 15.5 Å². The first-order valence-corrected chi connectivity index (χ1v) is 7.70. The van der Waals surface area contributed by atoms with Crippen molar-refractivity contribution in [3.8, 4) is 0 Å². The molecule has 5 nitrogen and oxygen atoms in total. The summed E-state index contributed by atoms with van der Waals surface area (Å²) in [6, 6.07) is 9.68. The molecule has 106 valence electrons. The molecule has 21 heavy (non-hydrogen) atoms. The lowest BCUT2D eigenvalue weighted by molar-refractivity contribution is 0.0941. The monoisotopic (exact) mass is 299 g/mol. The van der Waals surface area contributed by atoms with E-state index in [9.17, 15) is 4.79 Å². The molecule has 2 aromatic heterocycles. The summed E-state index contributed by atoms with van der Waals surface area (Å²) in [7, 11) is 0. The highest BCUT2D eigenvalue weighted by Gasteiger charge is 2.28. The molecule has 0 bridgehead atoms. The summed E-state index contributed by atoms with van der Waals surface area (Å²) in [5.41, 5.74) is 1.31. The molecule has 1 N–H and O–H groups in total. The zero-order valence-corrected chi connectivity index (χ0v) is 12.0. The summed E-state index contributed by atoms with van der Waals surface area (Å²) in [6.45, 7) is 0.407. The van der Waals surface area contributed by atoms with E-state index >= 15 is 0 Å². The van der Waals surface area contributed by atoms with Crippen LogP contribution in [0.4, 0.5) is 0 Å². The number of hydrogen-bond donors (Lipinski definition) is 1. The number of aromatic nitrogens is 2. The van der Waals surface area contributed by atoms with Gasteiger partial charge in [-0.05, 0) is 25.0 Å². The van der Waals surface area contributed by atoms with E-state index in [0.29, 0.717) is 18.2 Å². The van der Waals surface area contributed by atoms with Crippen molar-refractivity contribution in [3.05, 3.63) is 46.8 Å². The van der Waals surface area contributed by atoms with Crippen LogP contribution in [-0.4, -0.2) is 16.0 Å². The molecule has 1 aliphatic carbocycles. The molecule has 1 fully saturated rings. The van der Waals surface area contributed by atoms with Gasteiger partial charge in [-0.3, -0.25) is 4.79 Å². The van der Waals surface area contributed by atoms with Gasteiger partial charge in [0, 0.05) is 12.0 Å². The Kier molecular flexibility index (Phi) is 2.96. The number of nitrogens with zero attached hydrogens (tertiary/aromatic N) is 2. The molecule has 0 radical (unpaired) electrons. The second kappa shape index (κ2) is 4.96. The maximum absolute atomic E-state index is 12.0. The Morgan fingerprint density at radius 1 is 1.38 bits per heavy atom.